The second-order valence-corrected chi connectivity index (χ2v) is 3.22. The van der Waals surface area contributed by atoms with E-state index in [-0.39, 0.29) is 0 Å². The van der Waals surface area contributed by atoms with Crippen molar-refractivity contribution in [2.24, 2.45) is 0 Å². The number of hydrogen-bond donors (Lipinski definition) is 1. The lowest BCUT2D eigenvalue weighted by Gasteiger charge is -2.02. The molecule has 0 saturated heterocycles. The third-order valence-corrected chi connectivity index (χ3v) is 1.90. The van der Waals surface area contributed by atoms with E-state index in [4.69, 9.17) is 9.84 Å². The first-order chi connectivity index (χ1) is 6.63. The van der Waals surface area contributed by atoms with Gasteiger partial charge in [0.05, 0.1) is 7.11 Å². The summed E-state index contributed by atoms with van der Waals surface area (Å²) in [6.07, 6.45) is 2.47. The van der Waals surface area contributed by atoms with Crippen LogP contribution in [0.15, 0.2) is 22.8 Å². The minimum atomic E-state index is -1.00. The number of hydrogen-bond acceptors (Lipinski definition) is 3. The average Bonchev–Trinajstić information content (AvgIpc) is 2.15. The van der Waals surface area contributed by atoms with Gasteiger partial charge in [-0.1, -0.05) is 0 Å². The second kappa shape index (κ2) is 4.76. The molecule has 0 spiro atoms. The molecule has 1 rings (SSSR count). The SMILES string of the molecule is COc1nc(Br)ccc1C=CC(=O)O. The first kappa shape index (κ1) is 10.7. The van der Waals surface area contributed by atoms with Crippen LogP contribution in [-0.2, 0) is 4.79 Å². The van der Waals surface area contributed by atoms with E-state index in [1.807, 2.05) is 0 Å². The first-order valence-corrected chi connectivity index (χ1v) is 4.54. The van der Waals surface area contributed by atoms with Gasteiger partial charge in [-0.3, -0.25) is 0 Å². The molecular weight excluding hydrogens is 250 g/mol. The standard InChI is InChI=1S/C9H8BrNO3/c1-14-9-6(3-5-8(12)13)2-4-7(10)11-9/h2-5H,1H3,(H,12,13). The Bertz CT molecular complexity index is 376. The van der Waals surface area contributed by atoms with E-state index >= 15 is 0 Å². The molecule has 74 valence electrons. The van der Waals surface area contributed by atoms with Crippen molar-refractivity contribution < 1.29 is 14.6 Å². The Balaban J connectivity index is 3.02. The third-order valence-electron chi connectivity index (χ3n) is 1.45. The van der Waals surface area contributed by atoms with Crippen LogP contribution in [-0.4, -0.2) is 23.2 Å². The van der Waals surface area contributed by atoms with Gasteiger partial charge in [0.15, 0.2) is 0 Å². The van der Waals surface area contributed by atoms with Gasteiger partial charge in [0, 0.05) is 11.6 Å². The normalized spacial score (nSPS) is 10.4. The maximum Gasteiger partial charge on any atom is 0.328 e. The van der Waals surface area contributed by atoms with Crippen LogP contribution in [0, 0.1) is 0 Å². The predicted molar refractivity (Wildman–Crippen MR) is 55.2 cm³/mol. The van der Waals surface area contributed by atoms with E-state index in [1.165, 1.54) is 13.2 Å². The lowest BCUT2D eigenvalue weighted by Crippen LogP contribution is -1.92. The summed E-state index contributed by atoms with van der Waals surface area (Å²) in [5.74, 6) is -0.619. The number of carboxylic acid groups (broad SMARTS) is 1. The van der Waals surface area contributed by atoms with Crippen LogP contribution in [0.3, 0.4) is 0 Å². The number of carbonyl (C=O) groups is 1. The molecule has 1 N–H and O–H groups in total. The molecule has 1 aromatic rings. The summed E-state index contributed by atoms with van der Waals surface area (Å²) in [7, 11) is 1.48. The van der Waals surface area contributed by atoms with Gasteiger partial charge >= 0.3 is 5.97 Å². The van der Waals surface area contributed by atoms with Crippen LogP contribution in [0.5, 0.6) is 5.88 Å². The number of pyridine rings is 1. The molecule has 0 radical (unpaired) electrons. The number of carboxylic acids is 1. The van der Waals surface area contributed by atoms with Gasteiger partial charge in [0.2, 0.25) is 5.88 Å². The highest BCUT2D eigenvalue weighted by Crippen LogP contribution is 2.19. The molecule has 0 aliphatic rings. The summed E-state index contributed by atoms with van der Waals surface area (Å²) >= 11 is 3.19. The van der Waals surface area contributed by atoms with E-state index in [0.717, 1.165) is 6.08 Å². The Labute approximate surface area is 89.4 Å². The third kappa shape index (κ3) is 2.85. The average molecular weight is 258 g/mol. The van der Waals surface area contributed by atoms with Crippen LogP contribution < -0.4 is 4.74 Å². The fraction of sp³-hybridized carbons (Fsp3) is 0.111. The molecule has 0 saturated carbocycles. The maximum absolute atomic E-state index is 10.3. The molecule has 0 aliphatic heterocycles. The van der Waals surface area contributed by atoms with E-state index in [0.29, 0.717) is 16.0 Å². The number of methoxy groups -OCH3 is 1. The molecule has 0 unspecified atom stereocenters. The van der Waals surface area contributed by atoms with E-state index < -0.39 is 5.97 Å². The number of rotatable bonds is 3. The zero-order chi connectivity index (χ0) is 10.6. The second-order valence-electron chi connectivity index (χ2n) is 2.40. The van der Waals surface area contributed by atoms with Crippen LogP contribution in [0.2, 0.25) is 0 Å². The molecule has 1 heterocycles. The molecule has 0 bridgehead atoms. The molecule has 4 nitrogen and oxygen atoms in total. The predicted octanol–water partition coefficient (Wildman–Crippen LogP) is 1.95. The molecule has 0 aliphatic carbocycles. The van der Waals surface area contributed by atoms with Crippen LogP contribution in [0.4, 0.5) is 0 Å². The van der Waals surface area contributed by atoms with Crippen molar-refractivity contribution >= 4 is 28.0 Å². The molecule has 14 heavy (non-hydrogen) atoms. The van der Waals surface area contributed by atoms with Crippen molar-refractivity contribution in [3.05, 3.63) is 28.4 Å². The summed E-state index contributed by atoms with van der Waals surface area (Å²) in [5, 5.41) is 8.44. The number of nitrogens with zero attached hydrogens (tertiary/aromatic N) is 1. The topological polar surface area (TPSA) is 59.4 Å². The monoisotopic (exact) mass is 257 g/mol. The summed E-state index contributed by atoms with van der Waals surface area (Å²) in [6, 6.07) is 3.43. The van der Waals surface area contributed by atoms with Crippen molar-refractivity contribution in [3.8, 4) is 5.88 Å². The molecule has 0 atom stereocenters. The summed E-state index contributed by atoms with van der Waals surface area (Å²) in [4.78, 5) is 14.3. The van der Waals surface area contributed by atoms with Gasteiger partial charge in [-0.2, -0.15) is 0 Å². The van der Waals surface area contributed by atoms with Gasteiger partial charge in [-0.05, 0) is 34.1 Å². The first-order valence-electron chi connectivity index (χ1n) is 3.75. The zero-order valence-corrected chi connectivity index (χ0v) is 8.98. The highest BCUT2D eigenvalue weighted by molar-refractivity contribution is 9.10. The van der Waals surface area contributed by atoms with Crippen LogP contribution >= 0.6 is 15.9 Å². The molecule has 1 aromatic heterocycles. The summed E-state index contributed by atoms with van der Waals surface area (Å²) < 4.78 is 5.61. The Hall–Kier alpha value is -1.36. The van der Waals surface area contributed by atoms with Crippen LogP contribution in [0.1, 0.15) is 5.56 Å². The van der Waals surface area contributed by atoms with E-state index in [1.54, 1.807) is 12.1 Å². The summed E-state index contributed by atoms with van der Waals surface area (Å²) in [5.41, 5.74) is 0.623. The van der Waals surface area contributed by atoms with Crippen molar-refractivity contribution in [2.75, 3.05) is 7.11 Å². The van der Waals surface area contributed by atoms with Gasteiger partial charge < -0.3 is 9.84 Å². The fourth-order valence-electron chi connectivity index (χ4n) is 0.880. The van der Waals surface area contributed by atoms with Crippen molar-refractivity contribution in [1.29, 1.82) is 0 Å². The highest BCUT2D eigenvalue weighted by Gasteiger charge is 2.02. The Kier molecular flexibility index (Phi) is 3.64. The molecule has 0 amide bonds. The number of aromatic nitrogens is 1. The minimum Gasteiger partial charge on any atom is -0.481 e. The maximum atomic E-state index is 10.3. The van der Waals surface area contributed by atoms with Crippen molar-refractivity contribution in [2.45, 2.75) is 0 Å². The molecule has 0 aromatic carbocycles. The van der Waals surface area contributed by atoms with Gasteiger partial charge in [0.1, 0.15) is 4.60 Å². The highest BCUT2D eigenvalue weighted by atomic mass is 79.9. The lowest BCUT2D eigenvalue weighted by molar-refractivity contribution is -0.131. The van der Waals surface area contributed by atoms with Crippen LogP contribution in [0.25, 0.3) is 6.08 Å². The Morgan fingerprint density at radius 3 is 2.93 bits per heavy atom. The Morgan fingerprint density at radius 2 is 2.36 bits per heavy atom. The van der Waals surface area contributed by atoms with E-state index in [9.17, 15) is 4.79 Å². The number of aliphatic carboxylic acids is 1. The van der Waals surface area contributed by atoms with Gasteiger partial charge in [-0.25, -0.2) is 9.78 Å². The quantitative estimate of drug-likeness (QED) is 0.665. The molecule has 5 heteroatoms. The number of halogens is 1. The minimum absolute atomic E-state index is 0.386. The van der Waals surface area contributed by atoms with E-state index in [2.05, 4.69) is 20.9 Å². The Morgan fingerprint density at radius 1 is 1.64 bits per heavy atom. The number of ether oxygens (including phenoxy) is 1. The van der Waals surface area contributed by atoms with Crippen molar-refractivity contribution in [3.63, 3.8) is 0 Å². The van der Waals surface area contributed by atoms with Gasteiger partial charge in [-0.15, -0.1) is 0 Å². The largest absolute Gasteiger partial charge is 0.481 e. The summed E-state index contributed by atoms with van der Waals surface area (Å²) in [6.45, 7) is 0. The van der Waals surface area contributed by atoms with Crippen molar-refractivity contribution in [1.82, 2.24) is 4.98 Å². The molecular formula is C9H8BrNO3. The lowest BCUT2D eigenvalue weighted by atomic mass is 10.2. The fourth-order valence-corrected chi connectivity index (χ4v) is 1.17. The smallest absolute Gasteiger partial charge is 0.328 e. The van der Waals surface area contributed by atoms with Gasteiger partial charge in [0.25, 0.3) is 0 Å². The zero-order valence-electron chi connectivity index (χ0n) is 7.40. The molecule has 0 fully saturated rings.